The highest BCUT2D eigenvalue weighted by Crippen LogP contribution is 2.24. The molecular weight excluding hydrogens is 291 g/mol. The van der Waals surface area contributed by atoms with Gasteiger partial charge >= 0.3 is 11.5 Å². The number of nitrogens with one attached hydrogen (secondary N) is 1. The molecule has 2 N–H and O–H groups in total. The molecular formula is C9H9FN6O5. The van der Waals surface area contributed by atoms with Gasteiger partial charge in [-0.15, -0.1) is 5.11 Å². The fourth-order valence-electron chi connectivity index (χ4n) is 1.76. The van der Waals surface area contributed by atoms with Gasteiger partial charge in [0.1, 0.15) is 6.34 Å². The lowest BCUT2D eigenvalue weighted by atomic mass is 10.1. The number of aliphatic hydroxyl groups is 1. The van der Waals surface area contributed by atoms with Crippen LogP contribution in [0.3, 0.4) is 0 Å². The molecule has 21 heavy (non-hydrogen) atoms. The largest absolute Gasteiger partial charge is 0.432 e. The van der Waals surface area contributed by atoms with E-state index < -0.39 is 46.8 Å². The maximum absolute atomic E-state index is 13.1. The summed E-state index contributed by atoms with van der Waals surface area (Å²) < 4.78 is 13.5. The van der Waals surface area contributed by atoms with Crippen molar-refractivity contribution < 1.29 is 14.4 Å². The van der Waals surface area contributed by atoms with Gasteiger partial charge in [-0.05, 0) is 0 Å². The van der Waals surface area contributed by atoms with E-state index in [1.54, 1.807) is 0 Å². The summed E-state index contributed by atoms with van der Waals surface area (Å²) in [4.78, 5) is 38.3. The molecule has 0 aromatic carbocycles. The first-order chi connectivity index (χ1) is 9.85. The van der Waals surface area contributed by atoms with E-state index in [1.165, 1.54) is 0 Å². The lowest BCUT2D eigenvalue weighted by Crippen LogP contribution is -2.43. The number of nitro groups is 1. The second kappa shape index (κ2) is 5.32. The second-order valence-electron chi connectivity index (χ2n) is 4.21. The van der Waals surface area contributed by atoms with Gasteiger partial charge in [0.15, 0.2) is 0 Å². The standard InChI is InChI=1S/C9H9FN6O5/c10-6-2-11-8(19)15(7(6)18)3-5(17)1-9(16(20)21)12-4-13-14-9/h2,4-5,17H,1,3H2,(H,11,19). The topological polar surface area (TPSA) is 155 Å². The normalized spacial score (nSPS) is 21.6. The fourth-order valence-corrected chi connectivity index (χ4v) is 1.76. The van der Waals surface area contributed by atoms with Crippen molar-refractivity contribution in [2.45, 2.75) is 24.9 Å². The number of aliphatic hydroxyl groups excluding tert-OH is 1. The van der Waals surface area contributed by atoms with Crippen LogP contribution >= 0.6 is 0 Å². The second-order valence-corrected chi connectivity index (χ2v) is 4.21. The molecule has 0 spiro atoms. The van der Waals surface area contributed by atoms with E-state index in [0.29, 0.717) is 10.8 Å². The molecule has 12 heteroatoms. The van der Waals surface area contributed by atoms with Crippen LogP contribution in [0.4, 0.5) is 4.39 Å². The molecule has 0 aliphatic carbocycles. The van der Waals surface area contributed by atoms with Crippen LogP contribution in [0.1, 0.15) is 6.42 Å². The minimum Gasteiger partial charge on any atom is -0.391 e. The first-order valence-corrected chi connectivity index (χ1v) is 5.62. The highest BCUT2D eigenvalue weighted by atomic mass is 19.1. The van der Waals surface area contributed by atoms with Crippen molar-refractivity contribution in [2.24, 2.45) is 15.2 Å². The molecule has 1 aliphatic rings. The van der Waals surface area contributed by atoms with Crippen molar-refractivity contribution in [3.05, 3.63) is 43.0 Å². The summed E-state index contributed by atoms with van der Waals surface area (Å²) in [5.41, 5.74) is -2.20. The minimum absolute atomic E-state index is 0.392. The summed E-state index contributed by atoms with van der Waals surface area (Å²) >= 11 is 0. The number of rotatable bonds is 5. The summed E-state index contributed by atoms with van der Waals surface area (Å²) in [6, 6.07) is 0. The minimum atomic E-state index is -2.19. The van der Waals surface area contributed by atoms with Crippen molar-refractivity contribution in [3.63, 3.8) is 0 Å². The molecule has 2 heterocycles. The molecule has 2 rings (SSSR count). The average molecular weight is 300 g/mol. The summed E-state index contributed by atoms with van der Waals surface area (Å²) in [5.74, 6) is -3.41. The zero-order chi connectivity index (χ0) is 15.6. The molecule has 0 saturated heterocycles. The number of aliphatic imine (C=N–C) groups is 1. The van der Waals surface area contributed by atoms with Crippen LogP contribution in [0.2, 0.25) is 0 Å². The molecule has 0 amide bonds. The quantitative estimate of drug-likeness (QED) is 0.518. The van der Waals surface area contributed by atoms with Crippen LogP contribution in [-0.4, -0.2) is 37.8 Å². The zero-order valence-electron chi connectivity index (χ0n) is 10.3. The lowest BCUT2D eigenvalue weighted by molar-refractivity contribution is -0.569. The number of aromatic nitrogens is 2. The monoisotopic (exact) mass is 300 g/mol. The molecule has 0 bridgehead atoms. The molecule has 2 unspecified atom stereocenters. The van der Waals surface area contributed by atoms with Crippen LogP contribution in [0.5, 0.6) is 0 Å². The molecule has 0 fully saturated rings. The third-order valence-electron chi connectivity index (χ3n) is 2.75. The Balaban J connectivity index is 2.22. The van der Waals surface area contributed by atoms with Crippen molar-refractivity contribution in [2.75, 3.05) is 0 Å². The van der Waals surface area contributed by atoms with E-state index in [9.17, 15) is 29.2 Å². The van der Waals surface area contributed by atoms with Crippen LogP contribution < -0.4 is 11.2 Å². The maximum atomic E-state index is 13.1. The zero-order valence-corrected chi connectivity index (χ0v) is 10.3. The van der Waals surface area contributed by atoms with Gasteiger partial charge in [-0.3, -0.25) is 19.5 Å². The third kappa shape index (κ3) is 2.74. The first-order valence-electron chi connectivity index (χ1n) is 5.62. The van der Waals surface area contributed by atoms with Gasteiger partial charge in [-0.25, -0.2) is 4.79 Å². The molecule has 0 saturated carbocycles. The molecule has 2 atom stereocenters. The van der Waals surface area contributed by atoms with Crippen LogP contribution in [-0.2, 0) is 6.54 Å². The highest BCUT2D eigenvalue weighted by molar-refractivity contribution is 5.56. The molecule has 1 aromatic rings. The van der Waals surface area contributed by atoms with Gasteiger partial charge in [-0.2, -0.15) is 9.38 Å². The Kier molecular flexibility index (Phi) is 3.71. The molecule has 1 aromatic heterocycles. The third-order valence-corrected chi connectivity index (χ3v) is 2.75. The molecule has 0 radical (unpaired) electrons. The highest BCUT2D eigenvalue weighted by Gasteiger charge is 2.47. The summed E-state index contributed by atoms with van der Waals surface area (Å²) in [5, 5.41) is 27.3. The smallest absolute Gasteiger partial charge is 0.391 e. The average Bonchev–Trinajstić information content (AvgIpc) is 2.89. The van der Waals surface area contributed by atoms with E-state index in [-0.39, 0.29) is 0 Å². The van der Waals surface area contributed by atoms with Gasteiger partial charge in [0, 0.05) is 6.20 Å². The number of aromatic amines is 1. The van der Waals surface area contributed by atoms with Gasteiger partial charge in [0.25, 0.3) is 5.56 Å². The SMILES string of the molecule is O=c1[nH]cc(F)c(=O)n1CC(O)CC1([N+](=O)[O-])N=CN=N1. The predicted molar refractivity (Wildman–Crippen MR) is 65.0 cm³/mol. The number of hydrogen-bond donors (Lipinski definition) is 2. The van der Waals surface area contributed by atoms with E-state index in [1.807, 2.05) is 4.98 Å². The van der Waals surface area contributed by atoms with Crippen molar-refractivity contribution in [1.29, 1.82) is 0 Å². The van der Waals surface area contributed by atoms with E-state index in [4.69, 9.17) is 0 Å². The van der Waals surface area contributed by atoms with Gasteiger partial charge in [-0.1, -0.05) is 5.11 Å². The fraction of sp³-hybridized carbons (Fsp3) is 0.444. The Bertz CT molecular complexity index is 725. The maximum Gasteiger partial charge on any atom is 0.432 e. The van der Waals surface area contributed by atoms with Gasteiger partial charge in [0.2, 0.25) is 5.82 Å². The van der Waals surface area contributed by atoms with E-state index in [0.717, 1.165) is 6.34 Å². The Labute approximate surface area is 114 Å². The van der Waals surface area contributed by atoms with Gasteiger partial charge in [0.05, 0.1) is 24.0 Å². The van der Waals surface area contributed by atoms with Crippen LogP contribution in [0.15, 0.2) is 31.0 Å². The summed E-state index contributed by atoms with van der Waals surface area (Å²) in [7, 11) is 0. The summed E-state index contributed by atoms with van der Waals surface area (Å²) in [6.45, 7) is -0.646. The van der Waals surface area contributed by atoms with Gasteiger partial charge < -0.3 is 10.1 Å². The van der Waals surface area contributed by atoms with Crippen LogP contribution in [0.25, 0.3) is 0 Å². The Morgan fingerprint density at radius 3 is 2.86 bits per heavy atom. The number of halogens is 1. The van der Waals surface area contributed by atoms with Crippen molar-refractivity contribution >= 4 is 6.34 Å². The predicted octanol–water partition coefficient (Wildman–Crippen LogP) is -1.15. The summed E-state index contributed by atoms with van der Waals surface area (Å²) in [6.07, 6.45) is -0.717. The first kappa shape index (κ1) is 14.6. The number of nitrogens with zero attached hydrogens (tertiary/aromatic N) is 5. The number of azo groups is 1. The van der Waals surface area contributed by atoms with Crippen molar-refractivity contribution in [1.82, 2.24) is 9.55 Å². The Morgan fingerprint density at radius 2 is 2.29 bits per heavy atom. The van der Waals surface area contributed by atoms with Crippen LogP contribution in [0, 0.1) is 15.9 Å². The van der Waals surface area contributed by atoms with E-state index in [2.05, 4.69) is 15.2 Å². The Morgan fingerprint density at radius 1 is 1.57 bits per heavy atom. The Hall–Kier alpha value is -2.76. The molecule has 112 valence electrons. The number of H-pyrrole nitrogens is 1. The van der Waals surface area contributed by atoms with E-state index >= 15 is 0 Å². The lowest BCUT2D eigenvalue weighted by Gasteiger charge is -2.16. The number of hydrogen-bond acceptors (Lipinski definition) is 8. The molecule has 1 aliphatic heterocycles. The van der Waals surface area contributed by atoms with Crippen molar-refractivity contribution in [3.8, 4) is 0 Å². The molecule has 11 nitrogen and oxygen atoms in total.